The smallest absolute Gasteiger partial charge is 0.298 e. The average Bonchev–Trinajstić information content (AvgIpc) is 2.70. The van der Waals surface area contributed by atoms with Crippen LogP contribution in [0.15, 0.2) is 47.4 Å². The number of aryl methyl sites for hydroxylation is 1. The summed E-state index contributed by atoms with van der Waals surface area (Å²) in [7, 11) is -4.47. The van der Waals surface area contributed by atoms with Crippen molar-refractivity contribution < 1.29 is 22.8 Å². The van der Waals surface area contributed by atoms with Crippen molar-refractivity contribution in [3.05, 3.63) is 48.0 Å². The van der Waals surface area contributed by atoms with E-state index in [2.05, 4.69) is 6.92 Å². The van der Waals surface area contributed by atoms with Crippen LogP contribution in [0.3, 0.4) is 0 Å². The van der Waals surface area contributed by atoms with Crippen molar-refractivity contribution in [2.45, 2.75) is 82.4 Å². The quantitative estimate of drug-likeness (QED) is 0.250. The van der Waals surface area contributed by atoms with Gasteiger partial charge in [-0.1, -0.05) is 89.0 Å². The molecule has 0 fully saturated rings. The number of ether oxygens (including phenoxy) is 1. The van der Waals surface area contributed by atoms with Crippen LogP contribution in [-0.2, 0) is 16.5 Å². The van der Waals surface area contributed by atoms with Gasteiger partial charge in [0.05, 0.1) is 0 Å². The van der Waals surface area contributed by atoms with E-state index in [0.29, 0.717) is 12.0 Å². The number of phenols is 1. The zero-order chi connectivity index (χ0) is 21.8. The number of hydrogen-bond donors (Lipinski definition) is 2. The van der Waals surface area contributed by atoms with Crippen LogP contribution in [-0.4, -0.2) is 18.1 Å². The van der Waals surface area contributed by atoms with Gasteiger partial charge in [-0.2, -0.15) is 8.42 Å². The zero-order valence-corrected chi connectivity index (χ0v) is 18.7. The van der Waals surface area contributed by atoms with Crippen LogP contribution in [0.5, 0.6) is 17.2 Å². The molecule has 30 heavy (non-hydrogen) atoms. The van der Waals surface area contributed by atoms with Crippen molar-refractivity contribution in [1.29, 1.82) is 0 Å². The van der Waals surface area contributed by atoms with Gasteiger partial charge in [0.2, 0.25) is 0 Å². The highest BCUT2D eigenvalue weighted by atomic mass is 32.2. The van der Waals surface area contributed by atoms with Crippen molar-refractivity contribution in [3.8, 4) is 17.2 Å². The highest BCUT2D eigenvalue weighted by Gasteiger charge is 2.22. The third kappa shape index (κ3) is 8.00. The van der Waals surface area contributed by atoms with Crippen LogP contribution >= 0.6 is 0 Å². The van der Waals surface area contributed by atoms with E-state index < -0.39 is 10.1 Å². The van der Waals surface area contributed by atoms with Gasteiger partial charge in [0.25, 0.3) is 10.1 Å². The summed E-state index contributed by atoms with van der Waals surface area (Å²) < 4.78 is 39.5. The van der Waals surface area contributed by atoms with Crippen molar-refractivity contribution in [1.82, 2.24) is 0 Å². The van der Waals surface area contributed by atoms with Crippen LogP contribution in [0, 0.1) is 0 Å². The van der Waals surface area contributed by atoms with Crippen LogP contribution < -0.4 is 4.74 Å². The summed E-state index contributed by atoms with van der Waals surface area (Å²) in [6.07, 6.45) is 12.5. The fourth-order valence-electron chi connectivity index (χ4n) is 3.60. The SMILES string of the molecule is CCCCCCCCCCCCc1cccc(Oc2ccccc2O)c1S(=O)(=O)O. The average molecular weight is 435 g/mol. The molecule has 0 bridgehead atoms. The van der Waals surface area contributed by atoms with Crippen LogP contribution in [0.2, 0.25) is 0 Å². The zero-order valence-electron chi connectivity index (χ0n) is 17.8. The molecule has 6 heteroatoms. The summed E-state index contributed by atoms with van der Waals surface area (Å²) in [5.41, 5.74) is 0.532. The first kappa shape index (κ1) is 24.2. The topological polar surface area (TPSA) is 83.8 Å². The van der Waals surface area contributed by atoms with Gasteiger partial charge in [-0.05, 0) is 36.6 Å². The minimum atomic E-state index is -4.47. The first-order valence-corrected chi connectivity index (χ1v) is 12.4. The first-order chi connectivity index (χ1) is 14.4. The summed E-state index contributed by atoms with van der Waals surface area (Å²) in [5.74, 6) is 0.0564. The van der Waals surface area contributed by atoms with Gasteiger partial charge >= 0.3 is 0 Å². The Kier molecular flexibility index (Phi) is 10.2. The maximum absolute atomic E-state index is 12.0. The van der Waals surface area contributed by atoms with Crippen LogP contribution in [0.4, 0.5) is 0 Å². The second-order valence-corrected chi connectivity index (χ2v) is 9.08. The molecule has 0 atom stereocenters. The molecule has 166 valence electrons. The summed E-state index contributed by atoms with van der Waals surface area (Å²) in [6, 6.07) is 11.2. The molecule has 2 rings (SSSR count). The van der Waals surface area contributed by atoms with E-state index in [1.54, 1.807) is 24.3 Å². The molecule has 0 saturated carbocycles. The maximum Gasteiger partial charge on any atom is 0.298 e. The van der Waals surface area contributed by atoms with Gasteiger partial charge in [0.15, 0.2) is 11.5 Å². The lowest BCUT2D eigenvalue weighted by atomic mass is 10.0. The Balaban J connectivity index is 1.92. The molecule has 0 aliphatic carbocycles. The number of hydrogen-bond acceptors (Lipinski definition) is 4. The van der Waals surface area contributed by atoms with Crippen LogP contribution in [0.1, 0.15) is 76.7 Å². The molecule has 5 nitrogen and oxygen atoms in total. The van der Waals surface area contributed by atoms with E-state index in [1.165, 1.54) is 63.1 Å². The molecule has 0 aliphatic heterocycles. The standard InChI is InChI=1S/C24H34O5S/c1-2-3-4-5-6-7-8-9-10-11-15-20-16-14-19-23(24(20)30(26,27)28)29-22-18-13-12-17-21(22)25/h12-14,16-19,25H,2-11,15H2,1H3,(H,26,27,28). The molecule has 0 amide bonds. The highest BCUT2D eigenvalue weighted by Crippen LogP contribution is 2.35. The molecular weight excluding hydrogens is 400 g/mol. The Bertz CT molecular complexity index is 877. The first-order valence-electron chi connectivity index (χ1n) is 11.0. The van der Waals surface area contributed by atoms with Crippen molar-refractivity contribution in [2.75, 3.05) is 0 Å². The predicted octanol–water partition coefficient (Wildman–Crippen LogP) is 6.89. The molecule has 2 aromatic carbocycles. The Labute approximate surface area is 180 Å². The third-order valence-electron chi connectivity index (χ3n) is 5.20. The number of phenolic OH excluding ortho intramolecular Hbond substituents is 1. The number of para-hydroxylation sites is 2. The molecule has 0 spiro atoms. The van der Waals surface area contributed by atoms with Gasteiger partial charge in [0.1, 0.15) is 10.6 Å². The van der Waals surface area contributed by atoms with Gasteiger partial charge in [0, 0.05) is 0 Å². The lowest BCUT2D eigenvalue weighted by Crippen LogP contribution is -2.06. The van der Waals surface area contributed by atoms with E-state index in [0.717, 1.165) is 19.3 Å². The maximum atomic E-state index is 12.0. The van der Waals surface area contributed by atoms with Crippen molar-refractivity contribution in [2.24, 2.45) is 0 Å². The Morgan fingerprint density at radius 3 is 1.93 bits per heavy atom. The van der Waals surface area contributed by atoms with Gasteiger partial charge in [-0.15, -0.1) is 0 Å². The van der Waals surface area contributed by atoms with E-state index in [4.69, 9.17) is 4.74 Å². The summed E-state index contributed by atoms with van der Waals surface area (Å²) in [6.45, 7) is 2.22. The number of benzene rings is 2. The van der Waals surface area contributed by atoms with E-state index >= 15 is 0 Å². The Morgan fingerprint density at radius 2 is 1.33 bits per heavy atom. The molecule has 0 radical (unpaired) electrons. The number of unbranched alkanes of at least 4 members (excludes halogenated alkanes) is 9. The molecule has 0 aliphatic rings. The fraction of sp³-hybridized carbons (Fsp3) is 0.500. The number of rotatable bonds is 14. The molecule has 0 saturated heterocycles. The second kappa shape index (κ2) is 12.6. The monoisotopic (exact) mass is 434 g/mol. The third-order valence-corrected chi connectivity index (χ3v) is 6.18. The molecular formula is C24H34O5S. The largest absolute Gasteiger partial charge is 0.504 e. The molecule has 0 heterocycles. The van der Waals surface area contributed by atoms with E-state index in [9.17, 15) is 18.1 Å². The molecule has 0 unspecified atom stereocenters. The molecule has 2 aromatic rings. The minimum absolute atomic E-state index is 0.0172. The van der Waals surface area contributed by atoms with Crippen molar-refractivity contribution in [3.63, 3.8) is 0 Å². The summed E-state index contributed by atoms with van der Waals surface area (Å²) in [4.78, 5) is -0.218. The number of aromatic hydroxyl groups is 1. The molecule has 2 N–H and O–H groups in total. The van der Waals surface area contributed by atoms with E-state index in [-0.39, 0.29) is 22.1 Å². The predicted molar refractivity (Wildman–Crippen MR) is 120 cm³/mol. The second-order valence-electron chi connectivity index (χ2n) is 7.72. The normalized spacial score (nSPS) is 11.5. The lowest BCUT2D eigenvalue weighted by Gasteiger charge is -2.14. The Morgan fingerprint density at radius 1 is 0.767 bits per heavy atom. The minimum Gasteiger partial charge on any atom is -0.504 e. The summed E-state index contributed by atoms with van der Waals surface area (Å²) >= 11 is 0. The van der Waals surface area contributed by atoms with Gasteiger partial charge < -0.3 is 9.84 Å². The highest BCUT2D eigenvalue weighted by molar-refractivity contribution is 7.86. The van der Waals surface area contributed by atoms with Gasteiger partial charge in [-0.25, -0.2) is 0 Å². The molecule has 0 aromatic heterocycles. The Hall–Kier alpha value is -2.05. The van der Waals surface area contributed by atoms with E-state index in [1.807, 2.05) is 0 Å². The van der Waals surface area contributed by atoms with Crippen molar-refractivity contribution >= 4 is 10.1 Å². The van der Waals surface area contributed by atoms with Gasteiger partial charge in [-0.3, -0.25) is 4.55 Å². The summed E-state index contributed by atoms with van der Waals surface area (Å²) in [5, 5.41) is 9.90. The fourth-order valence-corrected chi connectivity index (χ4v) is 4.46. The van der Waals surface area contributed by atoms with Crippen LogP contribution in [0.25, 0.3) is 0 Å². The lowest BCUT2D eigenvalue weighted by molar-refractivity contribution is 0.401.